The van der Waals surface area contributed by atoms with Crippen molar-refractivity contribution in [2.45, 2.75) is 13.0 Å². The monoisotopic (exact) mass is 283 g/mol. The van der Waals surface area contributed by atoms with E-state index in [1.165, 1.54) is 18.0 Å². The van der Waals surface area contributed by atoms with E-state index < -0.39 is 12.0 Å². The van der Waals surface area contributed by atoms with Gasteiger partial charge in [0.15, 0.2) is 0 Å². The zero-order chi connectivity index (χ0) is 12.3. The number of halogens is 1. The van der Waals surface area contributed by atoms with Gasteiger partial charge in [0.25, 0.3) is 0 Å². The van der Waals surface area contributed by atoms with E-state index in [0.717, 1.165) is 0 Å². The Hall–Kier alpha value is -1.61. The number of hydrogen-bond acceptors (Lipinski definition) is 4. The number of likely N-dealkylation sites (N-methyl/N-ethyl adjacent to an activating group) is 1. The van der Waals surface area contributed by atoms with Crippen molar-refractivity contribution in [1.82, 2.24) is 4.98 Å². The molecule has 0 saturated carbocycles. The lowest BCUT2D eigenvalue weighted by Gasteiger charge is -2.23. The first-order valence-electron chi connectivity index (χ1n) is 4.48. The van der Waals surface area contributed by atoms with Gasteiger partial charge in [0.05, 0.1) is 5.56 Å². The molecule has 1 atom stereocenters. The molecule has 0 aromatic carbocycles. The van der Waals surface area contributed by atoms with Crippen LogP contribution in [0.1, 0.15) is 12.5 Å². The Morgan fingerprint density at radius 3 is 2.88 bits per heavy atom. The fourth-order valence-corrected chi connectivity index (χ4v) is 1.48. The van der Waals surface area contributed by atoms with E-state index in [4.69, 9.17) is 10.4 Å². The van der Waals surface area contributed by atoms with Gasteiger partial charge in [-0.25, -0.2) is 9.78 Å². The van der Waals surface area contributed by atoms with E-state index in [2.05, 4.69) is 20.9 Å². The smallest absolute Gasteiger partial charge is 0.326 e. The summed E-state index contributed by atoms with van der Waals surface area (Å²) in [5, 5.41) is 17.8. The summed E-state index contributed by atoms with van der Waals surface area (Å²) in [6, 6.07) is 2.85. The van der Waals surface area contributed by atoms with Crippen LogP contribution in [0.3, 0.4) is 0 Å². The minimum absolute atomic E-state index is 0.338. The Labute approximate surface area is 101 Å². The Bertz CT molecular complexity index is 456. The average Bonchev–Trinajstić information content (AvgIpc) is 2.26. The minimum atomic E-state index is -0.962. The molecule has 1 unspecified atom stereocenters. The van der Waals surface area contributed by atoms with Crippen molar-refractivity contribution < 1.29 is 9.90 Å². The second kappa shape index (κ2) is 4.94. The topological polar surface area (TPSA) is 77.2 Å². The second-order valence-corrected chi connectivity index (χ2v) is 4.18. The third kappa shape index (κ3) is 2.49. The summed E-state index contributed by atoms with van der Waals surface area (Å²) in [6.45, 7) is 1.53. The lowest BCUT2D eigenvalue weighted by atomic mass is 10.2. The molecule has 84 valence electrons. The van der Waals surface area contributed by atoms with Crippen molar-refractivity contribution in [1.29, 1.82) is 5.26 Å². The predicted octanol–water partition coefficient (Wildman–Crippen LogP) is 1.63. The molecule has 0 amide bonds. The Balaban J connectivity index is 3.14. The van der Waals surface area contributed by atoms with E-state index >= 15 is 0 Å². The molecule has 16 heavy (non-hydrogen) atoms. The molecule has 6 heteroatoms. The van der Waals surface area contributed by atoms with Gasteiger partial charge in [0.2, 0.25) is 0 Å². The van der Waals surface area contributed by atoms with E-state index in [-0.39, 0.29) is 0 Å². The van der Waals surface area contributed by atoms with Crippen LogP contribution in [-0.4, -0.2) is 29.1 Å². The molecule has 0 spiro atoms. The molecule has 5 nitrogen and oxygen atoms in total. The van der Waals surface area contributed by atoms with Crippen molar-refractivity contribution in [3.63, 3.8) is 0 Å². The average molecular weight is 284 g/mol. The van der Waals surface area contributed by atoms with E-state index in [9.17, 15) is 4.79 Å². The van der Waals surface area contributed by atoms with Crippen LogP contribution >= 0.6 is 15.9 Å². The number of pyridine rings is 1. The highest BCUT2D eigenvalue weighted by Gasteiger charge is 2.20. The molecule has 0 saturated heterocycles. The van der Waals surface area contributed by atoms with Crippen molar-refractivity contribution in [2.24, 2.45) is 0 Å². The molecule has 1 rings (SSSR count). The Kier molecular flexibility index (Phi) is 3.85. The first kappa shape index (κ1) is 12.5. The summed E-state index contributed by atoms with van der Waals surface area (Å²) in [7, 11) is 1.59. The van der Waals surface area contributed by atoms with Crippen molar-refractivity contribution in [2.75, 3.05) is 11.9 Å². The molecule has 1 heterocycles. The van der Waals surface area contributed by atoms with Gasteiger partial charge in [-0.05, 0) is 28.9 Å². The molecule has 0 aliphatic heterocycles. The SMILES string of the molecule is CC(C(=O)O)N(C)c1ncc(Br)cc1C#N. The minimum Gasteiger partial charge on any atom is -0.480 e. The van der Waals surface area contributed by atoms with Crippen LogP contribution < -0.4 is 4.90 Å². The maximum Gasteiger partial charge on any atom is 0.326 e. The van der Waals surface area contributed by atoms with Crippen LogP contribution in [0.25, 0.3) is 0 Å². The van der Waals surface area contributed by atoms with E-state index in [0.29, 0.717) is 15.9 Å². The molecule has 0 bridgehead atoms. The van der Waals surface area contributed by atoms with Gasteiger partial charge in [-0.15, -0.1) is 0 Å². The van der Waals surface area contributed by atoms with Crippen molar-refractivity contribution in [3.05, 3.63) is 22.3 Å². The second-order valence-electron chi connectivity index (χ2n) is 3.26. The summed E-state index contributed by atoms with van der Waals surface area (Å²) >= 11 is 3.20. The van der Waals surface area contributed by atoms with Gasteiger partial charge >= 0.3 is 5.97 Å². The first-order chi connectivity index (χ1) is 7.47. The largest absolute Gasteiger partial charge is 0.480 e. The predicted molar refractivity (Wildman–Crippen MR) is 62.2 cm³/mol. The van der Waals surface area contributed by atoms with Crippen LogP contribution in [0.5, 0.6) is 0 Å². The first-order valence-corrected chi connectivity index (χ1v) is 5.28. The summed E-state index contributed by atoms with van der Waals surface area (Å²) < 4.78 is 0.684. The molecular formula is C10H10BrN3O2. The highest BCUT2D eigenvalue weighted by atomic mass is 79.9. The van der Waals surface area contributed by atoms with Crippen LogP contribution in [0.15, 0.2) is 16.7 Å². The fraction of sp³-hybridized carbons (Fsp3) is 0.300. The number of nitrogens with zero attached hydrogens (tertiary/aromatic N) is 3. The maximum absolute atomic E-state index is 10.8. The number of hydrogen-bond donors (Lipinski definition) is 1. The van der Waals surface area contributed by atoms with Gasteiger partial charge in [0.1, 0.15) is 17.9 Å². The summed E-state index contributed by atoms with van der Waals surface area (Å²) in [4.78, 5) is 16.3. The zero-order valence-corrected chi connectivity index (χ0v) is 10.4. The lowest BCUT2D eigenvalue weighted by Crippen LogP contribution is -2.36. The third-order valence-electron chi connectivity index (χ3n) is 2.23. The highest BCUT2D eigenvalue weighted by Crippen LogP contribution is 2.21. The number of aliphatic carboxylic acids is 1. The molecule has 1 aromatic rings. The normalized spacial score (nSPS) is 11.6. The van der Waals surface area contributed by atoms with Gasteiger partial charge in [-0.3, -0.25) is 0 Å². The number of anilines is 1. The summed E-state index contributed by atoms with van der Waals surface area (Å²) in [5.74, 6) is -0.600. The Morgan fingerprint density at radius 2 is 2.38 bits per heavy atom. The highest BCUT2D eigenvalue weighted by molar-refractivity contribution is 9.10. The van der Waals surface area contributed by atoms with E-state index in [1.54, 1.807) is 13.1 Å². The van der Waals surface area contributed by atoms with Gasteiger partial charge in [0, 0.05) is 17.7 Å². The number of carboxylic acid groups (broad SMARTS) is 1. The molecule has 0 aliphatic carbocycles. The third-order valence-corrected chi connectivity index (χ3v) is 2.66. The fourth-order valence-electron chi connectivity index (χ4n) is 1.14. The number of rotatable bonds is 3. The number of aromatic nitrogens is 1. The van der Waals surface area contributed by atoms with Crippen LogP contribution in [-0.2, 0) is 4.79 Å². The number of carboxylic acids is 1. The molecule has 0 radical (unpaired) electrons. The van der Waals surface area contributed by atoms with Gasteiger partial charge in [-0.1, -0.05) is 0 Å². The standard InChI is InChI=1S/C10H10BrN3O2/c1-6(10(15)16)14(2)9-7(4-12)3-8(11)5-13-9/h3,5-6H,1-2H3,(H,15,16). The van der Waals surface area contributed by atoms with Crippen molar-refractivity contribution in [3.8, 4) is 6.07 Å². The zero-order valence-electron chi connectivity index (χ0n) is 8.81. The van der Waals surface area contributed by atoms with Crippen LogP contribution in [0, 0.1) is 11.3 Å². The molecule has 1 N–H and O–H groups in total. The lowest BCUT2D eigenvalue weighted by molar-refractivity contribution is -0.138. The number of nitriles is 1. The quantitative estimate of drug-likeness (QED) is 0.912. The van der Waals surface area contributed by atoms with E-state index in [1.807, 2.05) is 6.07 Å². The van der Waals surface area contributed by atoms with Gasteiger partial charge < -0.3 is 10.0 Å². The van der Waals surface area contributed by atoms with Gasteiger partial charge in [-0.2, -0.15) is 5.26 Å². The van der Waals surface area contributed by atoms with Crippen molar-refractivity contribution >= 4 is 27.7 Å². The summed E-state index contributed by atoms with van der Waals surface area (Å²) in [5.41, 5.74) is 0.338. The molecule has 0 aliphatic rings. The van der Waals surface area contributed by atoms with Crippen LogP contribution in [0.4, 0.5) is 5.82 Å². The molecule has 1 aromatic heterocycles. The number of carbonyl (C=O) groups is 1. The summed E-state index contributed by atoms with van der Waals surface area (Å²) in [6.07, 6.45) is 1.53. The maximum atomic E-state index is 10.8. The molecular weight excluding hydrogens is 274 g/mol. The van der Waals surface area contributed by atoms with Crippen LogP contribution in [0.2, 0.25) is 0 Å². The molecule has 0 fully saturated rings. The Morgan fingerprint density at radius 1 is 1.75 bits per heavy atom.